The predicted octanol–water partition coefficient (Wildman–Crippen LogP) is -4.33. The molecule has 18 N–H and O–H groups in total. The van der Waals surface area contributed by atoms with E-state index >= 15 is 0 Å². The number of hydrogen-bond acceptors (Lipinski definition) is 16. The van der Waals surface area contributed by atoms with E-state index in [9.17, 15) is 57.8 Å². The molecule has 0 radical (unpaired) electrons. The van der Waals surface area contributed by atoms with Crippen LogP contribution >= 0.6 is 21.6 Å². The zero-order valence-corrected chi connectivity index (χ0v) is 41.6. The molecule has 2 aromatic rings. The SMILES string of the molecule is NCCCCC(NC(=O)[C@@H]1CCCN1C(=O)C1CSSC[C@H](N)C(=O)NC(Cc2ccc(O)cc2)C(=O)N[C@@H](Cc2ccccc2)C(=O)N[C@@H](CCC(N)=O)C(=O)NC(CC(N)=O)C(=O)N1)C(=O)NCC(N)=O. The second kappa shape index (κ2) is 29.5. The minimum atomic E-state index is -1.78. The van der Waals surface area contributed by atoms with Gasteiger partial charge in [0.2, 0.25) is 65.0 Å². The Morgan fingerprint density at radius 2 is 1.27 bits per heavy atom. The third-order valence-electron chi connectivity index (χ3n) is 11.6. The lowest BCUT2D eigenvalue weighted by atomic mass is 10.0. The van der Waals surface area contributed by atoms with E-state index in [0.717, 1.165) is 21.6 Å². The van der Waals surface area contributed by atoms with E-state index in [0.29, 0.717) is 36.9 Å². The normalized spacial score (nSPS) is 23.0. The van der Waals surface area contributed by atoms with Gasteiger partial charge in [-0.3, -0.25) is 52.7 Å². The zero-order chi connectivity index (χ0) is 53.6. The first-order chi connectivity index (χ1) is 34.8. The summed E-state index contributed by atoms with van der Waals surface area (Å²) in [7, 11) is 2.02. The summed E-state index contributed by atoms with van der Waals surface area (Å²) < 4.78 is 0. The van der Waals surface area contributed by atoms with Crippen LogP contribution in [0.15, 0.2) is 54.6 Å². The van der Waals surface area contributed by atoms with Crippen molar-refractivity contribution in [1.29, 1.82) is 0 Å². The number of unbranched alkanes of at least 4 members (excludes halogenated alkanes) is 1. The van der Waals surface area contributed by atoms with Crippen molar-refractivity contribution in [3.8, 4) is 5.75 Å². The van der Waals surface area contributed by atoms with Crippen molar-refractivity contribution in [3.05, 3.63) is 65.7 Å². The van der Waals surface area contributed by atoms with E-state index in [-0.39, 0.29) is 49.5 Å². The van der Waals surface area contributed by atoms with Gasteiger partial charge in [-0.05, 0) is 68.3 Å². The van der Waals surface area contributed by atoms with Crippen LogP contribution in [0.5, 0.6) is 5.75 Å². The smallest absolute Gasteiger partial charge is 0.246 e. The molecule has 2 aliphatic rings. The highest BCUT2D eigenvalue weighted by Gasteiger charge is 2.40. The van der Waals surface area contributed by atoms with Crippen LogP contribution in [-0.4, -0.2) is 154 Å². The molecule has 27 heteroatoms. The molecular weight excluding hydrogens is 991 g/mol. The Kier molecular flexibility index (Phi) is 23.7. The molecule has 0 spiro atoms. The van der Waals surface area contributed by atoms with E-state index in [1.54, 1.807) is 30.3 Å². The number of primary amides is 3. The van der Waals surface area contributed by atoms with Crippen molar-refractivity contribution in [2.45, 2.75) is 113 Å². The van der Waals surface area contributed by atoms with Gasteiger partial charge in [0.05, 0.1) is 19.0 Å². The quantitative estimate of drug-likeness (QED) is 0.0467. The molecule has 0 aromatic heterocycles. The molecule has 0 bridgehead atoms. The average molecular weight is 1060 g/mol. The number of aromatic hydroxyl groups is 1. The van der Waals surface area contributed by atoms with Gasteiger partial charge in [-0.2, -0.15) is 0 Å². The fraction of sp³-hybridized carbons (Fsp3) is 0.500. The zero-order valence-electron chi connectivity index (χ0n) is 40.0. The van der Waals surface area contributed by atoms with Crippen molar-refractivity contribution >= 4 is 86.6 Å². The standard InChI is InChI=1S/C46H65N13O12S2/c47-17-5-4-9-29(40(65)52-22-38(51)63)54-45(70)35-10-6-18-59(35)46(71)34-24-73-72-23-28(48)39(64)55-31(20-26-11-13-27(60)14-12-26)43(68)56-32(19-25-7-2-1-3-8-25)42(67)53-30(15-16-36(49)61)41(66)57-33(21-37(50)62)44(69)58-34/h1-3,7-8,11-14,28-35,60H,4-6,9-10,15-24,47-48H2,(H2,49,61)(H2,50,62)(H2,51,63)(H,52,65)(H,53,67)(H,54,70)(H,55,64)(H,56,68)(H,57,66)(H,58,69)/t28-,29?,30-,31?,32-,33?,34?,35-/m0/s1. The molecule has 2 saturated heterocycles. The lowest BCUT2D eigenvalue weighted by molar-refractivity contribution is -0.142. The molecule has 0 aliphatic carbocycles. The maximum Gasteiger partial charge on any atom is 0.246 e. The van der Waals surface area contributed by atoms with E-state index < -0.39 is 139 Å². The molecular formula is C46H65N13O12S2. The Morgan fingerprint density at radius 3 is 1.89 bits per heavy atom. The first kappa shape index (κ1) is 58.6. The Morgan fingerprint density at radius 1 is 0.699 bits per heavy atom. The van der Waals surface area contributed by atoms with Gasteiger partial charge in [0.1, 0.15) is 48.0 Å². The van der Waals surface area contributed by atoms with Crippen molar-refractivity contribution in [2.75, 3.05) is 31.1 Å². The maximum absolute atomic E-state index is 14.6. The molecule has 4 rings (SSSR count). The summed E-state index contributed by atoms with van der Waals surface area (Å²) in [5.41, 5.74) is 29.2. The Balaban J connectivity index is 1.71. The summed E-state index contributed by atoms with van der Waals surface area (Å²) in [6.45, 7) is -0.147. The third-order valence-corrected chi connectivity index (χ3v) is 14.1. The van der Waals surface area contributed by atoms with E-state index in [1.807, 2.05) is 0 Å². The van der Waals surface area contributed by atoms with E-state index in [4.69, 9.17) is 28.7 Å². The van der Waals surface area contributed by atoms with Crippen LogP contribution in [0.4, 0.5) is 0 Å². The highest BCUT2D eigenvalue weighted by Crippen LogP contribution is 2.26. The molecule has 2 fully saturated rings. The Hall–Kier alpha value is -6.97. The van der Waals surface area contributed by atoms with E-state index in [2.05, 4.69) is 37.2 Å². The lowest BCUT2D eigenvalue weighted by Crippen LogP contribution is -2.61. The maximum atomic E-state index is 14.6. The molecule has 0 saturated carbocycles. The predicted molar refractivity (Wildman–Crippen MR) is 269 cm³/mol. The van der Waals surface area contributed by atoms with Gasteiger partial charge in [0, 0.05) is 37.3 Å². The fourth-order valence-electron chi connectivity index (χ4n) is 7.79. The van der Waals surface area contributed by atoms with Gasteiger partial charge in [0.15, 0.2) is 0 Å². The number of hydrogen-bond donors (Lipinski definition) is 13. The monoisotopic (exact) mass is 1060 g/mol. The first-order valence-corrected chi connectivity index (χ1v) is 26.0. The Bertz CT molecular complexity index is 2300. The fourth-order valence-corrected chi connectivity index (χ4v) is 10.1. The highest BCUT2D eigenvalue weighted by atomic mass is 33.1. The van der Waals surface area contributed by atoms with Gasteiger partial charge in [-0.1, -0.05) is 64.1 Å². The molecule has 2 aliphatic heterocycles. The number of nitrogens with one attached hydrogen (secondary N) is 7. The van der Waals surface area contributed by atoms with Crippen LogP contribution in [0.25, 0.3) is 0 Å². The average Bonchev–Trinajstić information content (AvgIpc) is 3.85. The van der Waals surface area contributed by atoms with Gasteiger partial charge in [0.25, 0.3) is 0 Å². The van der Waals surface area contributed by atoms with Gasteiger partial charge in [-0.15, -0.1) is 0 Å². The topological polar surface area (TPSA) is 426 Å². The van der Waals surface area contributed by atoms with Crippen LogP contribution in [-0.2, 0) is 65.6 Å². The number of nitrogens with two attached hydrogens (primary N) is 5. The van der Waals surface area contributed by atoms with Crippen LogP contribution in [0.2, 0.25) is 0 Å². The largest absolute Gasteiger partial charge is 0.508 e. The number of nitrogens with zero attached hydrogens (tertiary/aromatic N) is 1. The second-order valence-electron chi connectivity index (χ2n) is 17.4. The minimum absolute atomic E-state index is 0.0324. The molecule has 73 heavy (non-hydrogen) atoms. The molecule has 25 nitrogen and oxygen atoms in total. The summed E-state index contributed by atoms with van der Waals surface area (Å²) in [5, 5.41) is 27.7. The summed E-state index contributed by atoms with van der Waals surface area (Å²) >= 11 is 0. The molecule has 2 aromatic carbocycles. The van der Waals surface area contributed by atoms with Crippen LogP contribution < -0.4 is 65.9 Å². The molecule has 2 heterocycles. The van der Waals surface area contributed by atoms with Crippen molar-refractivity contribution in [3.63, 3.8) is 0 Å². The Labute approximate surface area is 428 Å². The number of rotatable bonds is 19. The summed E-state index contributed by atoms with van der Waals surface area (Å²) in [5.74, 6) is -10.0. The summed E-state index contributed by atoms with van der Waals surface area (Å²) in [4.78, 5) is 149. The lowest BCUT2D eigenvalue weighted by Gasteiger charge is -2.31. The second-order valence-corrected chi connectivity index (χ2v) is 20.0. The minimum Gasteiger partial charge on any atom is -0.508 e. The number of benzene rings is 2. The first-order valence-electron chi connectivity index (χ1n) is 23.5. The van der Waals surface area contributed by atoms with Gasteiger partial charge < -0.3 is 75.9 Å². The number of carbonyl (C=O) groups is 11. The number of amides is 11. The summed E-state index contributed by atoms with van der Waals surface area (Å²) in [6, 6.07) is 3.09. The van der Waals surface area contributed by atoms with Crippen LogP contribution in [0.3, 0.4) is 0 Å². The van der Waals surface area contributed by atoms with Crippen molar-refractivity contribution in [1.82, 2.24) is 42.1 Å². The number of phenolic OH excluding ortho intramolecular Hbond substituents is 1. The van der Waals surface area contributed by atoms with Crippen LogP contribution in [0.1, 0.15) is 62.5 Å². The molecule has 398 valence electrons. The van der Waals surface area contributed by atoms with Gasteiger partial charge in [-0.25, -0.2) is 0 Å². The molecule has 11 amide bonds. The van der Waals surface area contributed by atoms with Crippen molar-refractivity contribution in [2.24, 2.45) is 28.7 Å². The highest BCUT2D eigenvalue weighted by molar-refractivity contribution is 8.76. The van der Waals surface area contributed by atoms with Crippen molar-refractivity contribution < 1.29 is 57.8 Å². The molecule has 4 unspecified atom stereocenters. The van der Waals surface area contributed by atoms with Crippen LogP contribution in [0, 0.1) is 0 Å². The number of carbonyl (C=O) groups excluding carboxylic acids is 11. The number of phenols is 1. The number of likely N-dealkylation sites (tertiary alicyclic amines) is 1. The summed E-state index contributed by atoms with van der Waals surface area (Å²) in [6.07, 6.45) is -0.386. The third kappa shape index (κ3) is 19.5. The van der Waals surface area contributed by atoms with Gasteiger partial charge >= 0.3 is 0 Å². The van der Waals surface area contributed by atoms with E-state index in [1.165, 1.54) is 29.2 Å². The molecule has 8 atom stereocenters.